The Balaban J connectivity index is 1.29. The van der Waals surface area contributed by atoms with E-state index in [1.165, 1.54) is 34.9 Å². The van der Waals surface area contributed by atoms with Gasteiger partial charge in [-0.3, -0.25) is 19.5 Å². The van der Waals surface area contributed by atoms with Gasteiger partial charge < -0.3 is 29.4 Å². The number of halogens is 1. The second kappa shape index (κ2) is 11.1. The van der Waals surface area contributed by atoms with E-state index in [4.69, 9.17) is 4.74 Å². The number of hydrogen-bond donors (Lipinski definition) is 3. The van der Waals surface area contributed by atoms with Crippen LogP contribution in [0.2, 0.25) is 0 Å². The standard InChI is InChI=1S/C32H34FN7O4/c1-18(41)44-17-24-23(20-9-26(31(42)38(2)16-20)35-30-13-25(36-37-30)21-14-34-15-21)11-22(33)12-28(24)40-8-7-39-27-6-4-3-5-19(27)10-29(39)32(40)43/h9-13,16,21,34H,3-8,14-15,17H2,1-2H3,(H2,35,36,37). The number of carbonyl (C=O) groups excluding carboxylic acids is 2. The van der Waals surface area contributed by atoms with Gasteiger partial charge in [0.2, 0.25) is 0 Å². The molecule has 7 rings (SSSR count). The first kappa shape index (κ1) is 28.1. The fraction of sp³-hybridized carbons (Fsp3) is 0.375. The number of aromatic amines is 1. The van der Waals surface area contributed by atoms with E-state index in [0.717, 1.165) is 44.5 Å². The summed E-state index contributed by atoms with van der Waals surface area (Å²) >= 11 is 0. The molecule has 0 unspecified atom stereocenters. The zero-order valence-corrected chi connectivity index (χ0v) is 24.7. The summed E-state index contributed by atoms with van der Waals surface area (Å²) in [6.07, 6.45) is 5.71. The first-order valence-corrected chi connectivity index (χ1v) is 15.0. The van der Waals surface area contributed by atoms with Gasteiger partial charge in [-0.2, -0.15) is 5.10 Å². The number of benzene rings is 1. The lowest BCUT2D eigenvalue weighted by molar-refractivity contribution is -0.142. The highest BCUT2D eigenvalue weighted by atomic mass is 19.1. The molecule has 3 aliphatic rings. The molecule has 1 saturated heterocycles. The maximum Gasteiger partial charge on any atom is 0.302 e. The van der Waals surface area contributed by atoms with Crippen LogP contribution in [-0.2, 0) is 42.6 Å². The number of nitrogens with one attached hydrogen (secondary N) is 3. The van der Waals surface area contributed by atoms with Crippen molar-refractivity contribution >= 4 is 29.1 Å². The molecule has 11 nitrogen and oxygen atoms in total. The number of esters is 1. The molecule has 44 heavy (non-hydrogen) atoms. The van der Waals surface area contributed by atoms with Crippen molar-refractivity contribution in [1.29, 1.82) is 0 Å². The molecule has 0 atom stereocenters. The van der Waals surface area contributed by atoms with E-state index in [0.29, 0.717) is 52.9 Å². The number of carbonyl (C=O) groups is 2. The Bertz CT molecular complexity index is 1850. The number of fused-ring (bicyclic) bond motifs is 3. The van der Waals surface area contributed by atoms with E-state index < -0.39 is 11.8 Å². The molecule has 3 N–H and O–H groups in total. The van der Waals surface area contributed by atoms with Crippen molar-refractivity contribution in [3.63, 3.8) is 0 Å². The number of pyridine rings is 1. The number of aryl methyl sites for hydroxylation is 2. The van der Waals surface area contributed by atoms with Gasteiger partial charge in [-0.15, -0.1) is 0 Å². The van der Waals surface area contributed by atoms with Crippen LogP contribution in [0.1, 0.15) is 58.7 Å². The summed E-state index contributed by atoms with van der Waals surface area (Å²) in [5.74, 6) is -0.441. The molecule has 1 amide bonds. The molecule has 12 heteroatoms. The summed E-state index contributed by atoms with van der Waals surface area (Å²) in [4.78, 5) is 40.6. The lowest BCUT2D eigenvalue weighted by Gasteiger charge is -2.32. The van der Waals surface area contributed by atoms with Crippen LogP contribution in [0.25, 0.3) is 11.1 Å². The molecule has 228 valence electrons. The summed E-state index contributed by atoms with van der Waals surface area (Å²) in [5.41, 5.74) is 5.69. The highest BCUT2D eigenvalue weighted by Gasteiger charge is 2.32. The normalized spacial score (nSPS) is 16.3. The van der Waals surface area contributed by atoms with Crippen LogP contribution in [0, 0.1) is 5.82 Å². The summed E-state index contributed by atoms with van der Waals surface area (Å²) in [6.45, 7) is 3.79. The van der Waals surface area contributed by atoms with Gasteiger partial charge in [0.25, 0.3) is 11.5 Å². The molecule has 0 radical (unpaired) electrons. The predicted octanol–water partition coefficient (Wildman–Crippen LogP) is 3.75. The van der Waals surface area contributed by atoms with E-state index in [1.807, 2.05) is 12.1 Å². The molecule has 3 aromatic heterocycles. The van der Waals surface area contributed by atoms with Gasteiger partial charge in [0, 0.05) is 80.8 Å². The molecule has 1 fully saturated rings. The van der Waals surface area contributed by atoms with Gasteiger partial charge in [0.1, 0.15) is 23.8 Å². The van der Waals surface area contributed by atoms with E-state index in [1.54, 1.807) is 24.2 Å². The van der Waals surface area contributed by atoms with Crippen molar-refractivity contribution in [3.05, 3.63) is 80.9 Å². The second-order valence-electron chi connectivity index (χ2n) is 11.8. The van der Waals surface area contributed by atoms with Gasteiger partial charge in [0.15, 0.2) is 5.82 Å². The minimum atomic E-state index is -0.552. The van der Waals surface area contributed by atoms with Gasteiger partial charge in [-0.1, -0.05) is 0 Å². The SMILES string of the molecule is CC(=O)OCc1c(-c2cc(Nc3cc(C4CNC4)[nH]n3)c(=O)n(C)c2)cc(F)cc1N1CCn2c(cc3c2CCCC3)C1=O. The fourth-order valence-electron chi connectivity index (χ4n) is 6.52. The van der Waals surface area contributed by atoms with Crippen molar-refractivity contribution in [1.82, 2.24) is 24.6 Å². The van der Waals surface area contributed by atoms with E-state index >= 15 is 4.39 Å². The molecule has 1 aromatic carbocycles. The average molecular weight is 600 g/mol. The van der Waals surface area contributed by atoms with Crippen LogP contribution in [0.5, 0.6) is 0 Å². The Kier molecular flexibility index (Phi) is 7.08. The minimum absolute atomic E-state index is 0.175. The molecule has 1 aliphatic carbocycles. The number of anilines is 3. The maximum atomic E-state index is 15.4. The fourth-order valence-corrected chi connectivity index (χ4v) is 6.52. The molecular weight excluding hydrogens is 565 g/mol. The van der Waals surface area contributed by atoms with Crippen LogP contribution in [0.15, 0.2) is 41.3 Å². The summed E-state index contributed by atoms with van der Waals surface area (Å²) < 4.78 is 24.4. The van der Waals surface area contributed by atoms with Gasteiger partial charge in [-0.05, 0) is 61.1 Å². The third-order valence-electron chi connectivity index (χ3n) is 8.90. The van der Waals surface area contributed by atoms with Crippen LogP contribution < -0.4 is 21.1 Å². The number of ether oxygens (including phenoxy) is 1. The van der Waals surface area contributed by atoms with Crippen molar-refractivity contribution in [3.8, 4) is 11.1 Å². The van der Waals surface area contributed by atoms with Crippen molar-refractivity contribution in [2.45, 2.75) is 51.7 Å². The molecule has 0 spiro atoms. The zero-order valence-electron chi connectivity index (χ0n) is 24.7. The molecule has 4 aromatic rings. The summed E-state index contributed by atoms with van der Waals surface area (Å²) in [6, 6.07) is 8.15. The highest BCUT2D eigenvalue weighted by Crippen LogP contribution is 2.37. The Morgan fingerprint density at radius 2 is 1.93 bits per heavy atom. The van der Waals surface area contributed by atoms with E-state index in [9.17, 15) is 14.4 Å². The highest BCUT2D eigenvalue weighted by molar-refractivity contribution is 6.07. The first-order chi connectivity index (χ1) is 21.3. The van der Waals surface area contributed by atoms with Crippen LogP contribution in [-0.4, -0.2) is 50.8 Å². The number of nitrogens with zero attached hydrogens (tertiary/aromatic N) is 4. The number of H-pyrrole nitrogens is 1. The van der Waals surface area contributed by atoms with Gasteiger partial charge >= 0.3 is 5.97 Å². The maximum absolute atomic E-state index is 15.4. The van der Waals surface area contributed by atoms with Crippen molar-refractivity contribution in [2.24, 2.45) is 7.05 Å². The quantitative estimate of drug-likeness (QED) is 0.276. The second-order valence-corrected chi connectivity index (χ2v) is 11.8. The van der Waals surface area contributed by atoms with Gasteiger partial charge in [0.05, 0.1) is 5.69 Å². The summed E-state index contributed by atoms with van der Waals surface area (Å²) in [7, 11) is 1.61. The van der Waals surface area contributed by atoms with E-state index in [-0.39, 0.29) is 23.8 Å². The van der Waals surface area contributed by atoms with Crippen LogP contribution in [0.3, 0.4) is 0 Å². The number of rotatable bonds is 7. The van der Waals surface area contributed by atoms with Crippen molar-refractivity contribution in [2.75, 3.05) is 29.9 Å². The first-order valence-electron chi connectivity index (χ1n) is 15.0. The number of hydrogen-bond acceptors (Lipinski definition) is 7. The molecule has 0 bridgehead atoms. The Morgan fingerprint density at radius 3 is 2.70 bits per heavy atom. The zero-order chi connectivity index (χ0) is 30.5. The Morgan fingerprint density at radius 1 is 1.11 bits per heavy atom. The largest absolute Gasteiger partial charge is 0.461 e. The topological polar surface area (TPSA) is 126 Å². The third-order valence-corrected chi connectivity index (χ3v) is 8.90. The molecule has 2 aliphatic heterocycles. The molecular formula is C32H34FN7O4. The lowest BCUT2D eigenvalue weighted by Crippen LogP contribution is -2.41. The summed E-state index contributed by atoms with van der Waals surface area (Å²) in [5, 5.41) is 13.7. The van der Waals surface area contributed by atoms with Crippen molar-refractivity contribution < 1.29 is 18.7 Å². The molecule has 0 saturated carbocycles. The van der Waals surface area contributed by atoms with Gasteiger partial charge in [-0.25, -0.2) is 4.39 Å². The van der Waals surface area contributed by atoms with Crippen LogP contribution in [0.4, 0.5) is 21.6 Å². The Labute approximate surface area is 253 Å². The third kappa shape index (κ3) is 4.98. The average Bonchev–Trinajstić information content (AvgIpc) is 3.58. The Hall–Kier alpha value is -4.71. The van der Waals surface area contributed by atoms with E-state index in [2.05, 4.69) is 25.4 Å². The smallest absolute Gasteiger partial charge is 0.302 e. The lowest BCUT2D eigenvalue weighted by atomic mass is 9.97. The number of aromatic nitrogens is 4. The van der Waals surface area contributed by atoms with Crippen LogP contribution >= 0.6 is 0 Å². The minimum Gasteiger partial charge on any atom is -0.461 e. The monoisotopic (exact) mass is 599 g/mol. The predicted molar refractivity (Wildman–Crippen MR) is 163 cm³/mol. The molecule has 5 heterocycles. The number of amides is 1.